The average molecular weight is 707 g/mol. The van der Waals surface area contributed by atoms with Gasteiger partial charge >= 0.3 is 0 Å². The van der Waals surface area contributed by atoms with Gasteiger partial charge in [0.25, 0.3) is 0 Å². The van der Waals surface area contributed by atoms with Gasteiger partial charge in [0.05, 0.1) is 0 Å². The Bertz CT molecular complexity index is 2850. The molecule has 0 unspecified atom stereocenters. The number of fused-ring (bicyclic) bond motifs is 3. The van der Waals surface area contributed by atoms with E-state index in [9.17, 15) is 0 Å². The number of aromatic nitrogens is 6. The molecule has 0 saturated carbocycles. The molecule has 0 spiro atoms. The largest absolute Gasteiger partial charge is 0.456 e. The van der Waals surface area contributed by atoms with Crippen LogP contribution in [0, 0.1) is 0 Å². The van der Waals surface area contributed by atoms with Crippen LogP contribution in [0.25, 0.3) is 101 Å². The summed E-state index contributed by atoms with van der Waals surface area (Å²) >= 11 is 0. The van der Waals surface area contributed by atoms with Gasteiger partial charge in [0, 0.05) is 44.2 Å². The topological polar surface area (TPSA) is 90.5 Å². The maximum Gasteiger partial charge on any atom is 0.164 e. The molecule has 10 aromatic rings. The van der Waals surface area contributed by atoms with Crippen LogP contribution >= 0.6 is 0 Å². The molecular weight excluding hydrogens is 677 g/mol. The second-order valence-corrected chi connectivity index (χ2v) is 13.2. The van der Waals surface area contributed by atoms with E-state index in [1.54, 1.807) is 0 Å². The predicted octanol–water partition coefficient (Wildman–Crippen LogP) is 11.6. The third-order valence-electron chi connectivity index (χ3n) is 9.58. The van der Waals surface area contributed by atoms with E-state index in [1.807, 2.05) is 146 Å². The van der Waals surface area contributed by atoms with Gasteiger partial charge in [-0.1, -0.05) is 152 Å². The summed E-state index contributed by atoms with van der Waals surface area (Å²) in [7, 11) is 0. The van der Waals surface area contributed by atoms with Crippen molar-refractivity contribution in [1.29, 1.82) is 0 Å². The number of rotatable bonds is 7. The highest BCUT2D eigenvalue weighted by atomic mass is 16.3. The lowest BCUT2D eigenvalue weighted by Gasteiger charge is -2.09. The normalized spacial score (nSPS) is 11.3. The van der Waals surface area contributed by atoms with Crippen LogP contribution in [0.15, 0.2) is 186 Å². The van der Waals surface area contributed by atoms with E-state index in [-0.39, 0.29) is 0 Å². The zero-order chi connectivity index (χ0) is 36.6. The highest BCUT2D eigenvalue weighted by molar-refractivity contribution is 6.07. The third kappa shape index (κ3) is 6.30. The van der Waals surface area contributed by atoms with E-state index in [0.717, 1.165) is 66.4 Å². The van der Waals surface area contributed by atoms with Gasteiger partial charge in [0.15, 0.2) is 34.9 Å². The summed E-state index contributed by atoms with van der Waals surface area (Å²) in [5.74, 6) is 3.69. The first-order chi connectivity index (χ1) is 27.2. The van der Waals surface area contributed by atoms with Gasteiger partial charge in [-0.15, -0.1) is 0 Å². The summed E-state index contributed by atoms with van der Waals surface area (Å²) in [6.07, 6.45) is 0. The molecule has 10 rings (SSSR count). The van der Waals surface area contributed by atoms with Crippen LogP contribution < -0.4 is 0 Å². The molecule has 0 aliphatic rings. The van der Waals surface area contributed by atoms with Gasteiger partial charge in [-0.25, -0.2) is 29.9 Å². The molecule has 0 radical (unpaired) electrons. The van der Waals surface area contributed by atoms with Gasteiger partial charge in [0.2, 0.25) is 0 Å². The molecule has 7 nitrogen and oxygen atoms in total. The van der Waals surface area contributed by atoms with Crippen LogP contribution in [-0.4, -0.2) is 29.9 Å². The fourth-order valence-electron chi connectivity index (χ4n) is 6.81. The highest BCUT2D eigenvalue weighted by Gasteiger charge is 2.16. The summed E-state index contributed by atoms with van der Waals surface area (Å²) in [5.41, 5.74) is 9.12. The van der Waals surface area contributed by atoms with E-state index in [0.29, 0.717) is 34.9 Å². The zero-order valence-electron chi connectivity index (χ0n) is 29.4. The quantitative estimate of drug-likeness (QED) is 0.163. The molecule has 0 N–H and O–H groups in total. The monoisotopic (exact) mass is 706 g/mol. The van der Waals surface area contributed by atoms with Crippen molar-refractivity contribution in [2.24, 2.45) is 0 Å². The van der Waals surface area contributed by atoms with Crippen LogP contribution in [0.4, 0.5) is 0 Å². The fourth-order valence-corrected chi connectivity index (χ4v) is 6.81. The van der Waals surface area contributed by atoms with E-state index in [4.69, 9.17) is 34.3 Å². The van der Waals surface area contributed by atoms with Gasteiger partial charge in [-0.2, -0.15) is 0 Å². The van der Waals surface area contributed by atoms with E-state index in [1.165, 1.54) is 0 Å². The molecule has 0 aliphatic heterocycles. The van der Waals surface area contributed by atoms with Crippen LogP contribution in [-0.2, 0) is 0 Å². The van der Waals surface area contributed by atoms with E-state index < -0.39 is 0 Å². The van der Waals surface area contributed by atoms with Crippen molar-refractivity contribution in [3.8, 4) is 79.5 Å². The van der Waals surface area contributed by atoms with Crippen molar-refractivity contribution in [3.05, 3.63) is 182 Å². The Morgan fingerprint density at radius 3 is 1.07 bits per heavy atom. The molecule has 0 bridgehead atoms. The Kier molecular flexibility index (Phi) is 8.00. The van der Waals surface area contributed by atoms with Gasteiger partial charge in [-0.3, -0.25) is 0 Å². The van der Waals surface area contributed by atoms with Crippen molar-refractivity contribution in [2.45, 2.75) is 0 Å². The summed E-state index contributed by atoms with van der Waals surface area (Å²) < 4.78 is 6.44. The molecular formula is C48H30N6O. The average Bonchev–Trinajstić information content (AvgIpc) is 3.64. The van der Waals surface area contributed by atoms with Gasteiger partial charge < -0.3 is 4.42 Å². The highest BCUT2D eigenvalue weighted by Crippen LogP contribution is 2.36. The summed E-state index contributed by atoms with van der Waals surface area (Å²) in [6, 6.07) is 60.8. The Labute approximate surface area is 316 Å². The molecule has 3 heterocycles. The maximum atomic E-state index is 6.44. The number of furan rings is 1. The Balaban J connectivity index is 1.03. The Hall–Kier alpha value is -7.64. The zero-order valence-corrected chi connectivity index (χ0v) is 29.4. The molecule has 0 amide bonds. The van der Waals surface area contributed by atoms with Crippen molar-refractivity contribution >= 4 is 21.9 Å². The summed E-state index contributed by atoms with van der Waals surface area (Å²) in [6.45, 7) is 0. The summed E-state index contributed by atoms with van der Waals surface area (Å²) in [4.78, 5) is 29.4. The van der Waals surface area contributed by atoms with Gasteiger partial charge in [-0.05, 0) is 41.5 Å². The number of benzene rings is 7. The first-order valence-electron chi connectivity index (χ1n) is 18.0. The first-order valence-corrected chi connectivity index (χ1v) is 18.0. The summed E-state index contributed by atoms with van der Waals surface area (Å²) in [5, 5.41) is 2.03. The lowest BCUT2D eigenvalue weighted by molar-refractivity contribution is 0.669. The second-order valence-electron chi connectivity index (χ2n) is 13.2. The van der Waals surface area contributed by atoms with Crippen molar-refractivity contribution in [2.75, 3.05) is 0 Å². The van der Waals surface area contributed by atoms with Crippen LogP contribution in [0.5, 0.6) is 0 Å². The second kappa shape index (κ2) is 13.7. The molecule has 0 fully saturated rings. The standard InChI is InChI=1S/C48H30N6O/c1-5-14-31(15-6-1)43-49-44(32-16-7-2-8-17-32)52-47(51-43)37-23-13-22-35(28-37)36-25-27-41-40(29-36)39-26-24-38(30-42(39)55-41)48-53-45(33-18-9-3-10-19-33)50-46(54-48)34-20-11-4-12-21-34/h1-30H. The van der Waals surface area contributed by atoms with Crippen LogP contribution in [0.3, 0.4) is 0 Å². The number of hydrogen-bond donors (Lipinski definition) is 0. The van der Waals surface area contributed by atoms with Crippen molar-refractivity contribution in [1.82, 2.24) is 29.9 Å². The molecule has 7 heteroatoms. The Morgan fingerprint density at radius 1 is 0.236 bits per heavy atom. The fraction of sp³-hybridized carbons (Fsp3) is 0. The van der Waals surface area contributed by atoms with Crippen molar-refractivity contribution in [3.63, 3.8) is 0 Å². The molecule has 0 aliphatic carbocycles. The number of hydrogen-bond acceptors (Lipinski definition) is 7. The first kappa shape index (κ1) is 32.0. The van der Waals surface area contributed by atoms with E-state index >= 15 is 0 Å². The Morgan fingerprint density at radius 2 is 0.600 bits per heavy atom. The van der Waals surface area contributed by atoms with E-state index in [2.05, 4.69) is 36.4 Å². The minimum atomic E-state index is 0.580. The van der Waals surface area contributed by atoms with Crippen molar-refractivity contribution < 1.29 is 4.42 Å². The molecule has 3 aromatic heterocycles. The maximum absolute atomic E-state index is 6.44. The van der Waals surface area contributed by atoms with Crippen LogP contribution in [0.2, 0.25) is 0 Å². The molecule has 0 atom stereocenters. The molecule has 55 heavy (non-hydrogen) atoms. The van der Waals surface area contributed by atoms with Gasteiger partial charge in [0.1, 0.15) is 11.2 Å². The lowest BCUT2D eigenvalue weighted by atomic mass is 10.00. The smallest absolute Gasteiger partial charge is 0.164 e. The SMILES string of the molecule is c1ccc(-c2nc(-c3ccccc3)nc(-c3cccc(-c4ccc5oc6cc(-c7nc(-c8ccccc8)nc(-c8ccccc8)n7)ccc6c5c4)c3)n2)cc1. The lowest BCUT2D eigenvalue weighted by Crippen LogP contribution is -2.00. The number of nitrogens with zero attached hydrogens (tertiary/aromatic N) is 6. The predicted molar refractivity (Wildman–Crippen MR) is 219 cm³/mol. The van der Waals surface area contributed by atoms with Crippen LogP contribution in [0.1, 0.15) is 0 Å². The molecule has 258 valence electrons. The minimum Gasteiger partial charge on any atom is -0.456 e. The molecule has 0 saturated heterocycles. The molecule has 7 aromatic carbocycles. The third-order valence-corrected chi connectivity index (χ3v) is 9.58. The minimum absolute atomic E-state index is 0.580.